The van der Waals surface area contributed by atoms with E-state index in [1.165, 1.54) is 11.8 Å². The van der Waals surface area contributed by atoms with Gasteiger partial charge in [0.25, 0.3) is 0 Å². The van der Waals surface area contributed by atoms with Gasteiger partial charge in [0.2, 0.25) is 11.0 Å². The van der Waals surface area contributed by atoms with E-state index in [9.17, 15) is 5.11 Å². The molecule has 0 unspecified atom stereocenters. The van der Waals surface area contributed by atoms with Crippen LogP contribution < -0.4 is 10.1 Å². The Morgan fingerprint density at radius 2 is 2.00 bits per heavy atom. The lowest BCUT2D eigenvalue weighted by Gasteiger charge is -2.20. The fourth-order valence-corrected chi connectivity index (χ4v) is 3.74. The monoisotopic (exact) mass is 494 g/mol. The summed E-state index contributed by atoms with van der Waals surface area (Å²) >= 11 is 8.41. The topological polar surface area (TPSA) is 80.2 Å². The molecule has 0 saturated carbocycles. The molecule has 26 heavy (non-hydrogen) atoms. The summed E-state index contributed by atoms with van der Waals surface area (Å²) in [5.74, 6) is 0.536. The van der Waals surface area contributed by atoms with Crippen LogP contribution in [0.15, 0.2) is 50.5 Å². The van der Waals surface area contributed by atoms with Crippen molar-refractivity contribution in [2.75, 3.05) is 11.6 Å². The standard InChI is InChI=1S/C17H12Br2N4O2S/c1-26-17-21-16-14(22-23-17)11-6-8(18)2-5-13(11)20-15(25-16)10-7-9(24)3-4-12(10)19/h2-7,15,20,24H,1H3/t15-/m1/s1. The van der Waals surface area contributed by atoms with Gasteiger partial charge in [0.05, 0.1) is 0 Å². The van der Waals surface area contributed by atoms with E-state index in [1.54, 1.807) is 18.2 Å². The number of phenols is 1. The Labute approximate surface area is 170 Å². The third-order valence-corrected chi connectivity index (χ3v) is 5.59. The highest BCUT2D eigenvalue weighted by molar-refractivity contribution is 9.10. The van der Waals surface area contributed by atoms with Gasteiger partial charge < -0.3 is 15.2 Å². The molecule has 3 aromatic rings. The van der Waals surface area contributed by atoms with Crippen LogP contribution in [0.2, 0.25) is 0 Å². The van der Waals surface area contributed by atoms with Crippen LogP contribution in [0.5, 0.6) is 11.6 Å². The van der Waals surface area contributed by atoms with Crippen molar-refractivity contribution in [2.24, 2.45) is 0 Å². The van der Waals surface area contributed by atoms with Gasteiger partial charge >= 0.3 is 0 Å². The average molecular weight is 496 g/mol. The van der Waals surface area contributed by atoms with Crippen LogP contribution in [0.4, 0.5) is 5.69 Å². The van der Waals surface area contributed by atoms with Gasteiger partial charge in [0.15, 0.2) is 11.9 Å². The summed E-state index contributed by atoms with van der Waals surface area (Å²) in [5, 5.41) is 22.2. The number of nitrogens with one attached hydrogen (secondary N) is 1. The number of aromatic nitrogens is 3. The second kappa shape index (κ2) is 7.05. The summed E-state index contributed by atoms with van der Waals surface area (Å²) in [5.41, 5.74) is 2.97. The summed E-state index contributed by atoms with van der Waals surface area (Å²) in [4.78, 5) is 4.48. The normalized spacial score (nSPS) is 15.3. The lowest BCUT2D eigenvalue weighted by Crippen LogP contribution is -2.17. The molecule has 132 valence electrons. The SMILES string of the molecule is CSc1nnc2c(n1)O[C@H](c1cc(O)ccc1Br)Nc1ccc(Br)cc1-2. The minimum absolute atomic E-state index is 0.153. The van der Waals surface area contributed by atoms with Crippen LogP contribution in [-0.2, 0) is 0 Å². The zero-order valence-electron chi connectivity index (χ0n) is 13.4. The predicted octanol–water partition coefficient (Wildman–Crippen LogP) is 4.99. The zero-order chi connectivity index (χ0) is 18.3. The number of fused-ring (bicyclic) bond motifs is 3. The van der Waals surface area contributed by atoms with Crippen LogP contribution in [0.1, 0.15) is 11.8 Å². The van der Waals surface area contributed by atoms with Gasteiger partial charge in [0.1, 0.15) is 5.75 Å². The van der Waals surface area contributed by atoms with Crippen molar-refractivity contribution in [1.82, 2.24) is 15.2 Å². The summed E-state index contributed by atoms with van der Waals surface area (Å²) in [6.07, 6.45) is 1.32. The Morgan fingerprint density at radius 1 is 1.15 bits per heavy atom. The van der Waals surface area contributed by atoms with Gasteiger partial charge in [0, 0.05) is 25.8 Å². The van der Waals surface area contributed by atoms with E-state index in [2.05, 4.69) is 52.4 Å². The molecule has 6 nitrogen and oxygen atoms in total. The highest BCUT2D eigenvalue weighted by Crippen LogP contribution is 2.42. The second-order valence-corrected chi connectivity index (χ2v) is 8.03. The van der Waals surface area contributed by atoms with Crippen molar-refractivity contribution in [3.63, 3.8) is 0 Å². The Bertz CT molecular complexity index is 1000. The van der Waals surface area contributed by atoms with Gasteiger partial charge in [-0.05, 0) is 42.7 Å². The first-order valence-electron chi connectivity index (χ1n) is 7.55. The summed E-state index contributed by atoms with van der Waals surface area (Å²) < 4.78 is 7.87. The largest absolute Gasteiger partial charge is 0.508 e. The number of rotatable bonds is 2. The highest BCUT2D eigenvalue weighted by atomic mass is 79.9. The van der Waals surface area contributed by atoms with Crippen LogP contribution in [0.3, 0.4) is 0 Å². The molecule has 0 saturated heterocycles. The van der Waals surface area contributed by atoms with E-state index in [4.69, 9.17) is 4.74 Å². The molecule has 0 fully saturated rings. The van der Waals surface area contributed by atoms with Gasteiger partial charge in [-0.2, -0.15) is 4.98 Å². The maximum Gasteiger partial charge on any atom is 0.247 e. The van der Waals surface area contributed by atoms with E-state index in [0.717, 1.165) is 25.8 Å². The number of phenolic OH excluding ortho intramolecular Hbond substituents is 1. The first-order valence-corrected chi connectivity index (χ1v) is 10.4. The van der Waals surface area contributed by atoms with Crippen molar-refractivity contribution in [2.45, 2.75) is 11.4 Å². The van der Waals surface area contributed by atoms with E-state index >= 15 is 0 Å². The van der Waals surface area contributed by atoms with Gasteiger partial charge in [-0.3, -0.25) is 0 Å². The zero-order valence-corrected chi connectivity index (χ0v) is 17.4. The molecule has 4 rings (SSSR count). The molecule has 2 N–H and O–H groups in total. The number of benzene rings is 2. The van der Waals surface area contributed by atoms with Gasteiger partial charge in [-0.25, -0.2) is 0 Å². The fourth-order valence-electron chi connectivity index (χ4n) is 2.63. The molecule has 1 aliphatic rings. The Kier molecular flexibility index (Phi) is 4.76. The van der Waals surface area contributed by atoms with Crippen LogP contribution in [0, 0.1) is 0 Å². The highest BCUT2D eigenvalue weighted by Gasteiger charge is 2.27. The smallest absolute Gasteiger partial charge is 0.247 e. The van der Waals surface area contributed by atoms with E-state index in [0.29, 0.717) is 16.7 Å². The maximum atomic E-state index is 9.90. The first kappa shape index (κ1) is 17.6. The van der Waals surface area contributed by atoms with E-state index < -0.39 is 6.23 Å². The number of aromatic hydroxyl groups is 1. The minimum atomic E-state index is -0.566. The Morgan fingerprint density at radius 3 is 2.81 bits per heavy atom. The summed E-state index contributed by atoms with van der Waals surface area (Å²) in [7, 11) is 0. The summed E-state index contributed by atoms with van der Waals surface area (Å²) in [6.45, 7) is 0. The molecule has 2 heterocycles. The molecule has 1 atom stereocenters. The first-order chi connectivity index (χ1) is 12.5. The lowest BCUT2D eigenvalue weighted by molar-refractivity contribution is 0.224. The molecule has 0 bridgehead atoms. The lowest BCUT2D eigenvalue weighted by atomic mass is 10.1. The number of thioether (sulfide) groups is 1. The molecule has 0 amide bonds. The van der Waals surface area contributed by atoms with Crippen molar-refractivity contribution in [3.05, 3.63) is 50.9 Å². The van der Waals surface area contributed by atoms with Crippen LogP contribution in [-0.4, -0.2) is 26.5 Å². The number of nitrogens with zero attached hydrogens (tertiary/aromatic N) is 3. The second-order valence-electron chi connectivity index (χ2n) is 5.49. The van der Waals surface area contributed by atoms with Crippen molar-refractivity contribution >= 4 is 49.3 Å². The number of anilines is 1. The summed E-state index contributed by atoms with van der Waals surface area (Å²) in [6, 6.07) is 10.8. The Hall–Kier alpha value is -1.84. The van der Waals surface area contributed by atoms with Crippen molar-refractivity contribution < 1.29 is 9.84 Å². The molecule has 2 aromatic carbocycles. The molecule has 0 spiro atoms. The fraction of sp³-hybridized carbons (Fsp3) is 0.118. The van der Waals surface area contributed by atoms with Crippen LogP contribution in [0.25, 0.3) is 11.3 Å². The van der Waals surface area contributed by atoms with E-state index in [1.807, 2.05) is 24.5 Å². The van der Waals surface area contributed by atoms with Crippen molar-refractivity contribution in [1.29, 1.82) is 0 Å². The number of hydrogen-bond donors (Lipinski definition) is 2. The Balaban J connectivity index is 1.91. The van der Waals surface area contributed by atoms with E-state index in [-0.39, 0.29) is 5.75 Å². The molecule has 1 aromatic heterocycles. The average Bonchev–Trinajstić information content (AvgIpc) is 2.79. The predicted molar refractivity (Wildman–Crippen MR) is 108 cm³/mol. The molecule has 0 radical (unpaired) electrons. The minimum Gasteiger partial charge on any atom is -0.508 e. The number of ether oxygens (including phenoxy) is 1. The van der Waals surface area contributed by atoms with Crippen LogP contribution >= 0.6 is 43.6 Å². The van der Waals surface area contributed by atoms with Gasteiger partial charge in [-0.15, -0.1) is 10.2 Å². The third kappa shape index (κ3) is 3.26. The molecular weight excluding hydrogens is 484 g/mol. The molecule has 9 heteroatoms. The maximum absolute atomic E-state index is 9.90. The quantitative estimate of drug-likeness (QED) is 0.484. The third-order valence-electron chi connectivity index (χ3n) is 3.83. The van der Waals surface area contributed by atoms with Crippen molar-refractivity contribution in [3.8, 4) is 22.9 Å². The number of hydrogen-bond acceptors (Lipinski definition) is 7. The molecule has 1 aliphatic heterocycles. The molecule has 0 aliphatic carbocycles. The van der Waals surface area contributed by atoms with Gasteiger partial charge in [-0.1, -0.05) is 43.6 Å². The molecular formula is C17H12Br2N4O2S. The number of halogens is 2.